The molecule has 0 aliphatic carbocycles. The summed E-state index contributed by atoms with van der Waals surface area (Å²) in [6, 6.07) is 4.10. The molecule has 3 N–H and O–H groups in total. The topological polar surface area (TPSA) is 66.6 Å². The number of nitrogens with two attached hydrogens (primary N) is 1. The molecule has 0 saturated heterocycles. The summed E-state index contributed by atoms with van der Waals surface area (Å²) in [5.41, 5.74) is 6.91. The standard InChI is InChI=1S/C12H17FN2O2/c1-15(2)10-5-3-4-8(13)12(10)9(14)6-7-11(16)17/h3-5,9H,6-7,14H2,1-2H3,(H,16,17). The Balaban J connectivity index is 2.98. The van der Waals surface area contributed by atoms with Crippen LogP contribution in [0.15, 0.2) is 18.2 Å². The van der Waals surface area contributed by atoms with E-state index in [1.54, 1.807) is 31.1 Å². The molecular formula is C12H17FN2O2. The van der Waals surface area contributed by atoms with Gasteiger partial charge in [-0.25, -0.2) is 4.39 Å². The fourth-order valence-corrected chi connectivity index (χ4v) is 1.71. The van der Waals surface area contributed by atoms with E-state index in [9.17, 15) is 9.18 Å². The summed E-state index contributed by atoms with van der Waals surface area (Å²) in [4.78, 5) is 12.2. The number of anilines is 1. The van der Waals surface area contributed by atoms with Crippen molar-refractivity contribution in [3.63, 3.8) is 0 Å². The molecule has 5 heteroatoms. The molecule has 0 spiro atoms. The molecule has 0 heterocycles. The van der Waals surface area contributed by atoms with E-state index in [1.807, 2.05) is 0 Å². The zero-order valence-electron chi connectivity index (χ0n) is 9.98. The molecule has 0 aliphatic rings. The highest BCUT2D eigenvalue weighted by atomic mass is 19.1. The van der Waals surface area contributed by atoms with Crippen molar-refractivity contribution in [2.75, 3.05) is 19.0 Å². The zero-order valence-corrected chi connectivity index (χ0v) is 9.98. The van der Waals surface area contributed by atoms with Gasteiger partial charge >= 0.3 is 5.97 Å². The Hall–Kier alpha value is -1.62. The first kappa shape index (κ1) is 13.4. The first-order valence-electron chi connectivity index (χ1n) is 5.36. The van der Waals surface area contributed by atoms with Crippen LogP contribution in [0.3, 0.4) is 0 Å². The van der Waals surface area contributed by atoms with E-state index < -0.39 is 17.8 Å². The molecule has 1 unspecified atom stereocenters. The van der Waals surface area contributed by atoms with Gasteiger partial charge in [0.2, 0.25) is 0 Å². The summed E-state index contributed by atoms with van der Waals surface area (Å²) >= 11 is 0. The Bertz CT molecular complexity index is 407. The lowest BCUT2D eigenvalue weighted by Crippen LogP contribution is -2.19. The van der Waals surface area contributed by atoms with Crippen LogP contribution in [0, 0.1) is 5.82 Å². The van der Waals surface area contributed by atoms with Gasteiger partial charge in [-0.3, -0.25) is 4.79 Å². The number of benzene rings is 1. The van der Waals surface area contributed by atoms with Gasteiger partial charge in [-0.1, -0.05) is 6.07 Å². The Morgan fingerprint density at radius 2 is 2.18 bits per heavy atom. The first-order valence-corrected chi connectivity index (χ1v) is 5.36. The summed E-state index contributed by atoms with van der Waals surface area (Å²) in [7, 11) is 3.59. The highest BCUT2D eigenvalue weighted by Gasteiger charge is 2.17. The second-order valence-electron chi connectivity index (χ2n) is 4.11. The first-order chi connectivity index (χ1) is 7.93. The van der Waals surface area contributed by atoms with E-state index in [4.69, 9.17) is 10.8 Å². The van der Waals surface area contributed by atoms with Crippen molar-refractivity contribution in [3.8, 4) is 0 Å². The SMILES string of the molecule is CN(C)c1cccc(F)c1C(N)CCC(=O)O. The summed E-state index contributed by atoms with van der Waals surface area (Å²) in [5.74, 6) is -1.32. The van der Waals surface area contributed by atoms with E-state index in [0.29, 0.717) is 11.3 Å². The van der Waals surface area contributed by atoms with E-state index in [1.165, 1.54) is 6.07 Å². The van der Waals surface area contributed by atoms with Crippen LogP contribution >= 0.6 is 0 Å². The molecule has 1 aromatic carbocycles. The van der Waals surface area contributed by atoms with Crippen LogP contribution in [0.4, 0.5) is 10.1 Å². The van der Waals surface area contributed by atoms with Crippen molar-refractivity contribution >= 4 is 11.7 Å². The van der Waals surface area contributed by atoms with Crippen molar-refractivity contribution in [2.45, 2.75) is 18.9 Å². The minimum Gasteiger partial charge on any atom is -0.481 e. The lowest BCUT2D eigenvalue weighted by molar-refractivity contribution is -0.137. The molecule has 0 aliphatic heterocycles. The summed E-state index contributed by atoms with van der Waals surface area (Å²) in [6.45, 7) is 0. The molecule has 94 valence electrons. The van der Waals surface area contributed by atoms with Gasteiger partial charge in [0.05, 0.1) is 0 Å². The summed E-state index contributed by atoms with van der Waals surface area (Å²) in [6.07, 6.45) is 0.152. The number of hydrogen-bond donors (Lipinski definition) is 2. The average molecular weight is 240 g/mol. The molecule has 0 aromatic heterocycles. The van der Waals surface area contributed by atoms with Gasteiger partial charge < -0.3 is 15.7 Å². The summed E-state index contributed by atoms with van der Waals surface area (Å²) in [5, 5.41) is 8.60. The molecule has 1 aromatic rings. The van der Waals surface area contributed by atoms with Crippen LogP contribution in [-0.2, 0) is 4.79 Å². The minimum absolute atomic E-state index is 0.0671. The maximum atomic E-state index is 13.7. The monoisotopic (exact) mass is 240 g/mol. The van der Waals surface area contributed by atoms with Gasteiger partial charge in [-0.15, -0.1) is 0 Å². The lowest BCUT2D eigenvalue weighted by Gasteiger charge is -2.21. The second-order valence-corrected chi connectivity index (χ2v) is 4.11. The van der Waals surface area contributed by atoms with Crippen molar-refractivity contribution in [1.29, 1.82) is 0 Å². The van der Waals surface area contributed by atoms with Crippen molar-refractivity contribution in [1.82, 2.24) is 0 Å². The largest absolute Gasteiger partial charge is 0.481 e. The number of nitrogens with zero attached hydrogens (tertiary/aromatic N) is 1. The highest BCUT2D eigenvalue weighted by molar-refractivity contribution is 5.67. The van der Waals surface area contributed by atoms with Crippen molar-refractivity contribution in [2.24, 2.45) is 5.73 Å². The number of hydrogen-bond acceptors (Lipinski definition) is 3. The van der Waals surface area contributed by atoms with E-state index in [-0.39, 0.29) is 12.8 Å². The summed E-state index contributed by atoms with van der Waals surface area (Å²) < 4.78 is 13.7. The van der Waals surface area contributed by atoms with Gasteiger partial charge in [0, 0.05) is 37.8 Å². The van der Waals surface area contributed by atoms with E-state index >= 15 is 0 Å². The van der Waals surface area contributed by atoms with Gasteiger partial charge in [0.25, 0.3) is 0 Å². The smallest absolute Gasteiger partial charge is 0.303 e. The molecule has 0 radical (unpaired) electrons. The Kier molecular flexibility index (Phi) is 4.45. The number of carboxylic acids is 1. The molecule has 1 atom stereocenters. The Morgan fingerprint density at radius 1 is 1.53 bits per heavy atom. The molecule has 0 amide bonds. The third-order valence-corrected chi connectivity index (χ3v) is 2.55. The van der Waals surface area contributed by atoms with E-state index in [2.05, 4.69) is 0 Å². The predicted octanol–water partition coefficient (Wildman–Crippen LogP) is 1.76. The highest BCUT2D eigenvalue weighted by Crippen LogP contribution is 2.28. The van der Waals surface area contributed by atoms with Crippen molar-refractivity contribution < 1.29 is 14.3 Å². The number of carboxylic acid groups (broad SMARTS) is 1. The lowest BCUT2D eigenvalue weighted by atomic mass is 10.00. The Morgan fingerprint density at radius 3 is 2.71 bits per heavy atom. The van der Waals surface area contributed by atoms with Gasteiger partial charge in [-0.05, 0) is 18.6 Å². The third-order valence-electron chi connectivity index (χ3n) is 2.55. The quantitative estimate of drug-likeness (QED) is 0.823. The fourth-order valence-electron chi connectivity index (χ4n) is 1.71. The van der Waals surface area contributed by atoms with E-state index in [0.717, 1.165) is 0 Å². The van der Waals surface area contributed by atoms with Gasteiger partial charge in [-0.2, -0.15) is 0 Å². The number of rotatable bonds is 5. The maximum absolute atomic E-state index is 13.7. The third kappa shape index (κ3) is 3.42. The molecule has 0 saturated carbocycles. The van der Waals surface area contributed by atoms with Crippen LogP contribution in [0.25, 0.3) is 0 Å². The van der Waals surface area contributed by atoms with Crippen LogP contribution in [-0.4, -0.2) is 25.2 Å². The number of halogens is 1. The van der Waals surface area contributed by atoms with Crippen LogP contribution in [0.5, 0.6) is 0 Å². The zero-order chi connectivity index (χ0) is 13.0. The van der Waals surface area contributed by atoms with Gasteiger partial charge in [0.15, 0.2) is 0 Å². The maximum Gasteiger partial charge on any atom is 0.303 e. The van der Waals surface area contributed by atoms with Crippen LogP contribution in [0.2, 0.25) is 0 Å². The Labute approximate surface area is 99.8 Å². The van der Waals surface area contributed by atoms with Gasteiger partial charge in [0.1, 0.15) is 5.82 Å². The minimum atomic E-state index is -0.928. The molecule has 1 rings (SSSR count). The van der Waals surface area contributed by atoms with Crippen LogP contribution in [0.1, 0.15) is 24.4 Å². The second kappa shape index (κ2) is 5.63. The molecule has 17 heavy (non-hydrogen) atoms. The molecule has 4 nitrogen and oxygen atoms in total. The fraction of sp³-hybridized carbons (Fsp3) is 0.417. The number of aliphatic carboxylic acids is 1. The molecule has 0 bridgehead atoms. The predicted molar refractivity (Wildman–Crippen MR) is 64.5 cm³/mol. The average Bonchev–Trinajstić information content (AvgIpc) is 2.25. The normalized spacial score (nSPS) is 12.2. The number of carbonyl (C=O) groups is 1. The molecular weight excluding hydrogens is 223 g/mol. The van der Waals surface area contributed by atoms with Crippen LogP contribution < -0.4 is 10.6 Å². The molecule has 0 fully saturated rings. The van der Waals surface area contributed by atoms with Crippen molar-refractivity contribution in [3.05, 3.63) is 29.6 Å².